The number of rotatable bonds is 10. The van der Waals surface area contributed by atoms with E-state index < -0.39 is 5.97 Å². The van der Waals surface area contributed by atoms with Crippen molar-refractivity contribution in [1.29, 1.82) is 0 Å². The van der Waals surface area contributed by atoms with Crippen LogP contribution in [0.1, 0.15) is 48.5 Å². The lowest BCUT2D eigenvalue weighted by Gasteiger charge is -2.26. The normalized spacial score (nSPS) is 13.1. The first kappa shape index (κ1) is 43.6. The Labute approximate surface area is 411 Å². The molecule has 1 N–H and O–H groups in total. The summed E-state index contributed by atoms with van der Waals surface area (Å²) in [7, 11) is 0. The Bertz CT molecular complexity index is 3590. The van der Waals surface area contributed by atoms with Gasteiger partial charge in [0.2, 0.25) is 0 Å². The van der Waals surface area contributed by atoms with Crippen molar-refractivity contribution < 1.29 is 19.4 Å². The smallest absolute Gasteiger partial charge is 0.337 e. The van der Waals surface area contributed by atoms with Crippen molar-refractivity contribution in [2.24, 2.45) is 0 Å². The summed E-state index contributed by atoms with van der Waals surface area (Å²) in [4.78, 5) is 28.9. The summed E-state index contributed by atoms with van der Waals surface area (Å²) < 4.78 is 14.5. The van der Waals surface area contributed by atoms with Gasteiger partial charge in [0.05, 0.1) is 43.4 Å². The van der Waals surface area contributed by atoms with E-state index in [-0.39, 0.29) is 11.6 Å². The molecule has 0 radical (unpaired) electrons. The molecule has 1 fully saturated rings. The monoisotopic (exact) mass is 970 g/mol. The molecular weight excluding hydrogens is 934 g/mol. The van der Waals surface area contributed by atoms with E-state index in [0.717, 1.165) is 82.1 Å². The fourth-order valence-electron chi connectivity index (χ4n) is 9.33. The number of ether oxygens (including phenoxy) is 2. The van der Waals surface area contributed by atoms with E-state index >= 15 is 0 Å². The number of halogens is 4. The van der Waals surface area contributed by atoms with Crippen molar-refractivity contribution >= 4 is 85.2 Å². The number of fused-ring (bicyclic) bond motifs is 3. The van der Waals surface area contributed by atoms with Gasteiger partial charge in [-0.2, -0.15) is 0 Å². The second kappa shape index (κ2) is 18.3. The summed E-state index contributed by atoms with van der Waals surface area (Å²) in [5, 5.41) is 15.2. The predicted octanol–water partition coefficient (Wildman–Crippen LogP) is 17.2. The molecule has 0 unspecified atom stereocenters. The summed E-state index contributed by atoms with van der Waals surface area (Å²) >= 11 is 26.2. The molecule has 12 heteroatoms. The van der Waals surface area contributed by atoms with E-state index in [1.807, 2.05) is 78.9 Å². The molecule has 3 aromatic heterocycles. The summed E-state index contributed by atoms with van der Waals surface area (Å²) in [5.74, 6) is 1.96. The maximum atomic E-state index is 13.9. The third-order valence-electron chi connectivity index (χ3n) is 12.5. The fourth-order valence-corrected chi connectivity index (χ4v) is 10.1. The van der Waals surface area contributed by atoms with Crippen LogP contribution >= 0.6 is 46.4 Å². The quantitative estimate of drug-likeness (QED) is 0.146. The highest BCUT2D eigenvalue weighted by Crippen LogP contribution is 2.46. The summed E-state index contributed by atoms with van der Waals surface area (Å²) in [6.45, 7) is 0. The maximum Gasteiger partial charge on any atom is 0.337 e. The zero-order valence-corrected chi connectivity index (χ0v) is 39.1. The van der Waals surface area contributed by atoms with Crippen molar-refractivity contribution in [1.82, 2.24) is 19.5 Å². The van der Waals surface area contributed by atoms with E-state index in [1.54, 1.807) is 72.9 Å². The average molecular weight is 973 g/mol. The predicted molar refractivity (Wildman–Crippen MR) is 274 cm³/mol. The third-order valence-corrected chi connectivity index (χ3v) is 13.7. The summed E-state index contributed by atoms with van der Waals surface area (Å²) in [6.07, 6.45) is 6.93. The van der Waals surface area contributed by atoms with E-state index in [2.05, 4.69) is 15.6 Å². The number of aromatic carboxylic acids is 1. The molecule has 10 aromatic rings. The highest BCUT2D eigenvalue weighted by molar-refractivity contribution is 6.34. The molecule has 0 bridgehead atoms. The molecule has 0 amide bonds. The number of imidazole rings is 1. The van der Waals surface area contributed by atoms with Crippen molar-refractivity contribution in [2.75, 3.05) is 0 Å². The number of benzene rings is 7. The Morgan fingerprint density at radius 1 is 0.574 bits per heavy atom. The minimum Gasteiger partial charge on any atom is -0.478 e. The van der Waals surface area contributed by atoms with Crippen LogP contribution in [-0.2, 0) is 0 Å². The molecule has 68 heavy (non-hydrogen) atoms. The van der Waals surface area contributed by atoms with Gasteiger partial charge in [0.1, 0.15) is 28.8 Å². The lowest BCUT2D eigenvalue weighted by molar-refractivity contribution is 0.0698. The van der Waals surface area contributed by atoms with E-state index in [1.165, 1.54) is 0 Å². The van der Waals surface area contributed by atoms with Gasteiger partial charge in [0.15, 0.2) is 0 Å². The summed E-state index contributed by atoms with van der Waals surface area (Å²) in [5.41, 5.74) is 7.65. The first-order chi connectivity index (χ1) is 33.1. The van der Waals surface area contributed by atoms with Gasteiger partial charge in [-0.1, -0.05) is 83.9 Å². The zero-order valence-electron chi connectivity index (χ0n) is 36.1. The van der Waals surface area contributed by atoms with Crippen molar-refractivity contribution in [3.8, 4) is 67.9 Å². The van der Waals surface area contributed by atoms with Crippen LogP contribution in [0.5, 0.6) is 23.0 Å². The molecule has 0 atom stereocenters. The Kier molecular flexibility index (Phi) is 11.7. The molecule has 0 aliphatic heterocycles. The van der Waals surface area contributed by atoms with Crippen LogP contribution in [-0.4, -0.2) is 30.6 Å². The standard InChI is InChI=1S/C56H38Cl4N4O4/c57-36-11-15-39(16-12-36)67-41-19-21-43(46(59)29-41)45-31-51-54(52(53(45)56(65)66)34-9-23-48-32(27-34)5-4-26-61-48)63-55(64(51)38-6-2-1-3-7-38)35-10-24-49-33(28-35)8-25-50(62-49)44-22-20-42(30-47(44)60)68-40-17-13-37(58)14-18-40/h4-5,8-31,38H,1-3,6-7H2,(H,65,66). The van der Waals surface area contributed by atoms with Crippen molar-refractivity contribution in [2.45, 2.75) is 38.1 Å². The van der Waals surface area contributed by atoms with Gasteiger partial charge in [-0.15, -0.1) is 0 Å². The second-order valence-electron chi connectivity index (χ2n) is 16.9. The molecule has 0 saturated heterocycles. The van der Waals surface area contributed by atoms with Crippen LogP contribution in [0.15, 0.2) is 158 Å². The summed E-state index contributed by atoms with van der Waals surface area (Å²) in [6, 6.07) is 47.0. The number of carboxylic acid groups (broad SMARTS) is 1. The topological polar surface area (TPSA) is 99.4 Å². The van der Waals surface area contributed by atoms with Gasteiger partial charge in [-0.25, -0.2) is 14.8 Å². The first-order valence-corrected chi connectivity index (χ1v) is 23.7. The molecule has 1 aliphatic carbocycles. The molecule has 334 valence electrons. The molecule has 7 aromatic carbocycles. The minimum absolute atomic E-state index is 0.0901. The zero-order chi connectivity index (χ0) is 46.5. The van der Waals surface area contributed by atoms with E-state index in [4.69, 9.17) is 65.8 Å². The maximum absolute atomic E-state index is 13.9. The molecule has 0 spiro atoms. The minimum atomic E-state index is -1.11. The Hall–Kier alpha value is -6.94. The highest BCUT2D eigenvalue weighted by Gasteiger charge is 2.30. The van der Waals surface area contributed by atoms with Crippen molar-refractivity contribution in [3.63, 3.8) is 0 Å². The van der Waals surface area contributed by atoms with Crippen LogP contribution in [0.2, 0.25) is 20.1 Å². The SMILES string of the molecule is O=C(O)c1c(-c2ccc(Oc3ccc(Cl)cc3)cc2Cl)cc2c(nc(-c3ccc4nc(-c5ccc(Oc6ccc(Cl)cc6)cc5Cl)ccc4c3)n2C2CCCCC2)c1-c1ccc2ncccc2c1. The average Bonchev–Trinajstić information content (AvgIpc) is 3.74. The fraction of sp³-hybridized carbons (Fsp3) is 0.107. The number of nitrogens with zero attached hydrogens (tertiary/aromatic N) is 4. The number of carbonyl (C=O) groups is 1. The third kappa shape index (κ3) is 8.50. The lowest BCUT2D eigenvalue weighted by Crippen LogP contribution is -2.14. The molecule has 1 aliphatic rings. The van der Waals surface area contributed by atoms with Crippen LogP contribution in [0.25, 0.3) is 77.7 Å². The highest BCUT2D eigenvalue weighted by atomic mass is 35.5. The molecule has 1 saturated carbocycles. The van der Waals surface area contributed by atoms with Crippen LogP contribution in [0, 0.1) is 0 Å². The second-order valence-corrected chi connectivity index (χ2v) is 18.5. The Morgan fingerprint density at radius 2 is 1.18 bits per heavy atom. The molecule has 3 heterocycles. The van der Waals surface area contributed by atoms with Crippen LogP contribution in [0.4, 0.5) is 0 Å². The van der Waals surface area contributed by atoms with Gasteiger partial charge < -0.3 is 19.1 Å². The Balaban J connectivity index is 1.06. The van der Waals surface area contributed by atoms with Gasteiger partial charge in [0.25, 0.3) is 0 Å². The van der Waals surface area contributed by atoms with Gasteiger partial charge in [-0.05, 0) is 140 Å². The van der Waals surface area contributed by atoms with E-state index in [9.17, 15) is 9.90 Å². The molecular formula is C56H38Cl4N4O4. The number of hydrogen-bond donors (Lipinski definition) is 1. The van der Waals surface area contributed by atoms with Crippen LogP contribution < -0.4 is 9.47 Å². The number of pyridine rings is 2. The van der Waals surface area contributed by atoms with Gasteiger partial charge >= 0.3 is 5.97 Å². The Morgan fingerprint density at radius 3 is 1.84 bits per heavy atom. The van der Waals surface area contributed by atoms with Gasteiger partial charge in [0, 0.05) is 73.0 Å². The molecule has 8 nitrogen and oxygen atoms in total. The van der Waals surface area contributed by atoms with Crippen LogP contribution in [0.3, 0.4) is 0 Å². The first-order valence-electron chi connectivity index (χ1n) is 22.2. The largest absolute Gasteiger partial charge is 0.478 e. The van der Waals surface area contributed by atoms with Crippen molar-refractivity contribution in [3.05, 3.63) is 184 Å². The lowest BCUT2D eigenvalue weighted by atomic mass is 9.89. The number of carboxylic acids is 1. The number of aromatic nitrogens is 4. The molecule has 11 rings (SSSR count). The van der Waals surface area contributed by atoms with E-state index in [0.29, 0.717) is 70.9 Å². The van der Waals surface area contributed by atoms with Gasteiger partial charge in [-0.3, -0.25) is 4.98 Å². The number of hydrogen-bond acceptors (Lipinski definition) is 6.